The zero-order valence-electron chi connectivity index (χ0n) is 14.8. The van der Waals surface area contributed by atoms with Crippen molar-refractivity contribution in [3.05, 3.63) is 47.3 Å². The minimum atomic E-state index is -3.43. The van der Waals surface area contributed by atoms with Crippen molar-refractivity contribution in [2.24, 2.45) is 5.73 Å². The zero-order valence-corrected chi connectivity index (χ0v) is 17.2. The van der Waals surface area contributed by atoms with Gasteiger partial charge in [0, 0.05) is 17.8 Å². The molecule has 4 N–H and O–H groups in total. The van der Waals surface area contributed by atoms with Crippen molar-refractivity contribution in [3.8, 4) is 0 Å². The predicted octanol–water partition coefficient (Wildman–Crippen LogP) is 2.54. The topological polar surface area (TPSA) is 131 Å². The van der Waals surface area contributed by atoms with E-state index in [1.807, 2.05) is 0 Å². The van der Waals surface area contributed by atoms with Crippen LogP contribution in [0.5, 0.6) is 0 Å². The van der Waals surface area contributed by atoms with Crippen molar-refractivity contribution >= 4 is 57.3 Å². The van der Waals surface area contributed by atoms with Gasteiger partial charge in [-0.1, -0.05) is 6.07 Å². The van der Waals surface area contributed by atoms with Gasteiger partial charge in [-0.25, -0.2) is 13.4 Å². The van der Waals surface area contributed by atoms with Crippen molar-refractivity contribution < 1.29 is 13.2 Å². The molecule has 28 heavy (non-hydrogen) atoms. The lowest BCUT2D eigenvalue weighted by Crippen LogP contribution is -2.26. The standard InChI is InChI=1S/C17H17N5O3S.2ClH/c1-9-6-11-13(18)3-5-26(24,25)15(11)7-10(9)17(23)21-14-2-4-19-16-12(14)8-20-22-16;;/h2,4,6-8,13H,3,5,18H2,1H3,(H2,19,20,21,22,23);2*1H/t13-;;/m0../s1. The molecule has 3 heterocycles. The van der Waals surface area contributed by atoms with Crippen LogP contribution in [0.2, 0.25) is 0 Å². The first-order valence-corrected chi connectivity index (χ1v) is 9.74. The van der Waals surface area contributed by atoms with Crippen molar-refractivity contribution in [1.29, 1.82) is 0 Å². The number of aromatic amines is 1. The van der Waals surface area contributed by atoms with Crippen molar-refractivity contribution in [1.82, 2.24) is 15.2 Å². The Labute approximate surface area is 174 Å². The number of carbonyl (C=O) groups is 1. The number of benzene rings is 1. The van der Waals surface area contributed by atoms with Crippen LogP contribution in [-0.4, -0.2) is 35.3 Å². The van der Waals surface area contributed by atoms with Crippen LogP contribution in [0, 0.1) is 6.92 Å². The number of anilines is 1. The highest BCUT2D eigenvalue weighted by Gasteiger charge is 2.30. The third-order valence-electron chi connectivity index (χ3n) is 4.64. The van der Waals surface area contributed by atoms with E-state index in [-0.39, 0.29) is 41.5 Å². The number of amides is 1. The van der Waals surface area contributed by atoms with E-state index in [9.17, 15) is 13.2 Å². The fraction of sp³-hybridized carbons (Fsp3) is 0.235. The molecule has 11 heteroatoms. The Kier molecular flexibility index (Phi) is 6.34. The van der Waals surface area contributed by atoms with Gasteiger partial charge in [-0.2, -0.15) is 5.10 Å². The molecule has 0 unspecified atom stereocenters. The molecule has 150 valence electrons. The molecule has 3 aromatic rings. The maximum absolute atomic E-state index is 12.8. The van der Waals surface area contributed by atoms with Gasteiger partial charge in [-0.3, -0.25) is 9.89 Å². The summed E-state index contributed by atoms with van der Waals surface area (Å²) in [5, 5.41) is 10.1. The molecule has 1 aliphatic rings. The number of nitrogens with one attached hydrogen (secondary N) is 2. The van der Waals surface area contributed by atoms with Gasteiger partial charge in [-0.05, 0) is 36.6 Å². The largest absolute Gasteiger partial charge is 0.324 e. The normalized spacial score (nSPS) is 17.1. The Morgan fingerprint density at radius 3 is 2.82 bits per heavy atom. The first-order chi connectivity index (χ1) is 12.4. The molecule has 0 spiro atoms. The molecule has 0 aliphatic carbocycles. The molecule has 0 radical (unpaired) electrons. The third-order valence-corrected chi connectivity index (χ3v) is 6.43. The van der Waals surface area contributed by atoms with E-state index < -0.39 is 15.7 Å². The summed E-state index contributed by atoms with van der Waals surface area (Å²) < 4.78 is 24.8. The number of pyridine rings is 1. The monoisotopic (exact) mass is 443 g/mol. The van der Waals surface area contributed by atoms with E-state index >= 15 is 0 Å². The Hall–Kier alpha value is -2.20. The number of nitrogens with zero attached hydrogens (tertiary/aromatic N) is 2. The molecule has 0 saturated heterocycles. The summed E-state index contributed by atoms with van der Waals surface area (Å²) in [6, 6.07) is 4.46. The van der Waals surface area contributed by atoms with Crippen LogP contribution in [0.4, 0.5) is 5.69 Å². The molecule has 1 atom stereocenters. The van der Waals surface area contributed by atoms with Gasteiger partial charge in [0.15, 0.2) is 15.5 Å². The first-order valence-electron chi connectivity index (χ1n) is 8.09. The van der Waals surface area contributed by atoms with Crippen molar-refractivity contribution in [2.45, 2.75) is 24.3 Å². The van der Waals surface area contributed by atoms with E-state index in [1.165, 1.54) is 6.07 Å². The minimum absolute atomic E-state index is 0. The predicted molar refractivity (Wildman–Crippen MR) is 111 cm³/mol. The highest BCUT2D eigenvalue weighted by molar-refractivity contribution is 7.91. The molecular formula is C17H19Cl2N5O3S. The average molecular weight is 444 g/mol. The highest BCUT2D eigenvalue weighted by atomic mass is 35.5. The molecular weight excluding hydrogens is 425 g/mol. The Balaban J connectivity index is 0.00000140. The fourth-order valence-corrected chi connectivity index (χ4v) is 4.86. The molecule has 0 bridgehead atoms. The number of carbonyl (C=O) groups excluding carboxylic acids is 1. The maximum atomic E-state index is 12.8. The molecule has 8 nitrogen and oxygen atoms in total. The van der Waals surface area contributed by atoms with Crippen molar-refractivity contribution in [2.75, 3.05) is 11.1 Å². The number of hydrogen-bond donors (Lipinski definition) is 3. The second-order valence-electron chi connectivity index (χ2n) is 6.36. The van der Waals surface area contributed by atoms with Crippen LogP contribution in [0.15, 0.2) is 35.5 Å². The zero-order chi connectivity index (χ0) is 18.5. The number of aromatic nitrogens is 3. The van der Waals surface area contributed by atoms with Gasteiger partial charge in [0.05, 0.1) is 27.9 Å². The fourth-order valence-electron chi connectivity index (χ4n) is 3.21. The minimum Gasteiger partial charge on any atom is -0.324 e. The van der Waals surface area contributed by atoms with Crippen molar-refractivity contribution in [3.63, 3.8) is 0 Å². The Morgan fingerprint density at radius 1 is 1.32 bits per heavy atom. The van der Waals surface area contributed by atoms with E-state index in [0.29, 0.717) is 39.8 Å². The smallest absolute Gasteiger partial charge is 0.255 e. The van der Waals surface area contributed by atoms with E-state index in [4.69, 9.17) is 5.73 Å². The number of hydrogen-bond acceptors (Lipinski definition) is 6. The number of aryl methyl sites for hydroxylation is 1. The van der Waals surface area contributed by atoms with E-state index in [2.05, 4.69) is 20.5 Å². The second kappa shape index (κ2) is 8.04. The van der Waals surface area contributed by atoms with E-state index in [1.54, 1.807) is 31.5 Å². The summed E-state index contributed by atoms with van der Waals surface area (Å²) in [6.07, 6.45) is 3.51. The lowest BCUT2D eigenvalue weighted by atomic mass is 9.98. The van der Waals surface area contributed by atoms with Crippen LogP contribution >= 0.6 is 24.8 Å². The van der Waals surface area contributed by atoms with Crippen LogP contribution in [0.25, 0.3) is 11.0 Å². The lowest BCUT2D eigenvalue weighted by molar-refractivity contribution is 0.102. The number of nitrogens with two attached hydrogens (primary N) is 1. The van der Waals surface area contributed by atoms with Gasteiger partial charge >= 0.3 is 0 Å². The van der Waals surface area contributed by atoms with Gasteiger partial charge in [0.2, 0.25) is 0 Å². The van der Waals surface area contributed by atoms with Gasteiger partial charge in [0.25, 0.3) is 5.91 Å². The van der Waals surface area contributed by atoms with Gasteiger partial charge in [-0.15, -0.1) is 24.8 Å². The quantitative estimate of drug-likeness (QED) is 0.557. The molecule has 1 aromatic carbocycles. The van der Waals surface area contributed by atoms with Crippen LogP contribution in [-0.2, 0) is 9.84 Å². The van der Waals surface area contributed by atoms with Crippen LogP contribution in [0.1, 0.15) is 33.9 Å². The maximum Gasteiger partial charge on any atom is 0.255 e. The van der Waals surface area contributed by atoms with Gasteiger partial charge < -0.3 is 11.1 Å². The average Bonchev–Trinajstić information content (AvgIpc) is 3.08. The van der Waals surface area contributed by atoms with Crippen LogP contribution < -0.4 is 11.1 Å². The summed E-state index contributed by atoms with van der Waals surface area (Å²) in [7, 11) is -3.43. The Morgan fingerprint density at radius 2 is 2.07 bits per heavy atom. The lowest BCUT2D eigenvalue weighted by Gasteiger charge is -2.24. The third kappa shape index (κ3) is 3.70. The molecule has 4 rings (SSSR count). The number of rotatable bonds is 2. The molecule has 2 aromatic heterocycles. The number of halogens is 2. The summed E-state index contributed by atoms with van der Waals surface area (Å²) in [4.78, 5) is 17.1. The Bertz CT molecular complexity index is 1150. The summed E-state index contributed by atoms with van der Waals surface area (Å²) in [6.45, 7) is 1.77. The van der Waals surface area contributed by atoms with E-state index in [0.717, 1.165) is 0 Å². The highest BCUT2D eigenvalue weighted by Crippen LogP contribution is 2.33. The van der Waals surface area contributed by atoms with Gasteiger partial charge in [0.1, 0.15) is 0 Å². The number of sulfone groups is 1. The summed E-state index contributed by atoms with van der Waals surface area (Å²) in [5.41, 5.74) is 8.70. The first kappa shape index (κ1) is 22.1. The van der Waals surface area contributed by atoms with Crippen LogP contribution in [0.3, 0.4) is 0 Å². The molecule has 0 fully saturated rings. The molecule has 1 amide bonds. The summed E-state index contributed by atoms with van der Waals surface area (Å²) in [5.74, 6) is -0.404. The molecule has 0 saturated carbocycles. The summed E-state index contributed by atoms with van der Waals surface area (Å²) >= 11 is 0. The number of H-pyrrole nitrogens is 1. The SMILES string of the molecule is Cc1cc2c(cc1C(=O)Nc1ccnc3[nH]ncc13)S(=O)(=O)CC[C@@H]2N.Cl.Cl. The molecule has 1 aliphatic heterocycles. The number of fused-ring (bicyclic) bond motifs is 2. The second-order valence-corrected chi connectivity index (χ2v) is 8.44.